The first-order valence-corrected chi connectivity index (χ1v) is 10.6. The topological polar surface area (TPSA) is 84.3 Å². The highest BCUT2D eigenvalue weighted by Crippen LogP contribution is 2.30. The lowest BCUT2D eigenvalue weighted by Gasteiger charge is -2.31. The fourth-order valence-electron chi connectivity index (χ4n) is 3.69. The van der Waals surface area contributed by atoms with E-state index in [2.05, 4.69) is 10.3 Å². The summed E-state index contributed by atoms with van der Waals surface area (Å²) in [6.45, 7) is 2.64. The minimum absolute atomic E-state index is 0.0172. The van der Waals surface area contributed by atoms with E-state index in [1.807, 2.05) is 5.38 Å². The molecule has 0 atom stereocenters. The summed E-state index contributed by atoms with van der Waals surface area (Å²) >= 11 is 1.33. The molecular formula is C21H21FN4O3S. The summed E-state index contributed by atoms with van der Waals surface area (Å²) < 4.78 is 14.5. The number of carbonyl (C=O) groups is 2. The van der Waals surface area contributed by atoms with E-state index in [1.54, 1.807) is 24.0 Å². The predicted molar refractivity (Wildman–Crippen MR) is 113 cm³/mol. The van der Waals surface area contributed by atoms with Gasteiger partial charge in [-0.25, -0.2) is 9.37 Å². The lowest BCUT2D eigenvalue weighted by atomic mass is 10.1. The van der Waals surface area contributed by atoms with Crippen LogP contribution in [0.2, 0.25) is 0 Å². The van der Waals surface area contributed by atoms with Gasteiger partial charge in [-0.1, -0.05) is 12.1 Å². The summed E-state index contributed by atoms with van der Waals surface area (Å²) in [6.07, 6.45) is 2.76. The van der Waals surface area contributed by atoms with Gasteiger partial charge < -0.3 is 10.2 Å². The maximum Gasteiger partial charge on any atom is 0.263 e. The number of amides is 2. The molecular weight excluding hydrogens is 407 g/mol. The highest BCUT2D eigenvalue weighted by atomic mass is 32.1. The van der Waals surface area contributed by atoms with Crippen LogP contribution in [0.15, 0.2) is 40.8 Å². The third kappa shape index (κ3) is 4.11. The van der Waals surface area contributed by atoms with Crippen LogP contribution in [0, 0.1) is 5.82 Å². The summed E-state index contributed by atoms with van der Waals surface area (Å²) in [5, 5.41) is 5.19. The van der Waals surface area contributed by atoms with E-state index in [4.69, 9.17) is 0 Å². The largest absolute Gasteiger partial charge is 0.352 e. The molecule has 156 valence electrons. The first kappa shape index (κ1) is 20.2. The van der Waals surface area contributed by atoms with Gasteiger partial charge in [0.05, 0.1) is 11.7 Å². The second-order valence-electron chi connectivity index (χ2n) is 7.36. The van der Waals surface area contributed by atoms with Crippen molar-refractivity contribution in [2.24, 2.45) is 0 Å². The minimum Gasteiger partial charge on any atom is -0.352 e. The molecule has 30 heavy (non-hydrogen) atoms. The van der Waals surface area contributed by atoms with Crippen molar-refractivity contribution in [2.45, 2.75) is 32.4 Å². The van der Waals surface area contributed by atoms with Gasteiger partial charge in [0.15, 0.2) is 0 Å². The molecule has 4 rings (SSSR count). The smallest absolute Gasteiger partial charge is 0.263 e. The Morgan fingerprint density at radius 1 is 1.23 bits per heavy atom. The Hall–Kier alpha value is -3.07. The highest BCUT2D eigenvalue weighted by molar-refractivity contribution is 7.17. The van der Waals surface area contributed by atoms with Gasteiger partial charge in [-0.3, -0.25) is 19.0 Å². The number of benzene rings is 1. The summed E-state index contributed by atoms with van der Waals surface area (Å²) in [7, 11) is 0. The van der Waals surface area contributed by atoms with Gasteiger partial charge >= 0.3 is 0 Å². The molecule has 0 unspecified atom stereocenters. The van der Waals surface area contributed by atoms with Gasteiger partial charge in [-0.05, 0) is 30.5 Å². The SMILES string of the molecule is CC(=O)N1CCC(NC(=O)Cn2cnc3scc(-c4ccc(F)cc4)c3c2=O)CC1. The zero-order valence-corrected chi connectivity index (χ0v) is 17.2. The molecule has 3 aromatic rings. The van der Waals surface area contributed by atoms with Crippen LogP contribution in [-0.4, -0.2) is 45.4 Å². The number of nitrogens with zero attached hydrogens (tertiary/aromatic N) is 3. The molecule has 0 bridgehead atoms. The molecule has 1 fully saturated rings. The zero-order valence-electron chi connectivity index (χ0n) is 16.4. The number of hydrogen-bond donors (Lipinski definition) is 1. The molecule has 1 aliphatic rings. The Morgan fingerprint density at radius 2 is 1.93 bits per heavy atom. The van der Waals surface area contributed by atoms with Gasteiger partial charge in [0.2, 0.25) is 11.8 Å². The summed E-state index contributed by atoms with van der Waals surface area (Å²) in [5.41, 5.74) is 1.10. The quantitative estimate of drug-likeness (QED) is 0.692. The van der Waals surface area contributed by atoms with Crippen LogP contribution in [0.1, 0.15) is 19.8 Å². The molecule has 1 N–H and O–H groups in total. The second-order valence-corrected chi connectivity index (χ2v) is 8.22. The van der Waals surface area contributed by atoms with Crippen LogP contribution < -0.4 is 10.9 Å². The Morgan fingerprint density at radius 3 is 2.60 bits per heavy atom. The van der Waals surface area contributed by atoms with Gasteiger partial charge in [0.25, 0.3) is 5.56 Å². The molecule has 0 aliphatic carbocycles. The van der Waals surface area contributed by atoms with Crippen LogP contribution in [0.4, 0.5) is 4.39 Å². The number of thiophene rings is 1. The predicted octanol–water partition coefficient (Wildman–Crippen LogP) is 2.39. The molecule has 1 aliphatic heterocycles. The molecule has 1 aromatic carbocycles. The average Bonchev–Trinajstić information content (AvgIpc) is 3.16. The Balaban J connectivity index is 1.51. The first-order chi connectivity index (χ1) is 14.4. The zero-order chi connectivity index (χ0) is 21.3. The Bertz CT molecular complexity index is 1150. The number of carbonyl (C=O) groups excluding carboxylic acids is 2. The average molecular weight is 428 g/mol. The maximum absolute atomic E-state index is 13.2. The van der Waals surface area contributed by atoms with Crippen molar-refractivity contribution in [3.63, 3.8) is 0 Å². The monoisotopic (exact) mass is 428 g/mol. The van der Waals surface area contributed by atoms with Crippen LogP contribution in [0.5, 0.6) is 0 Å². The van der Waals surface area contributed by atoms with Gasteiger partial charge in [0.1, 0.15) is 17.2 Å². The normalized spacial score (nSPS) is 14.8. The van der Waals surface area contributed by atoms with Crippen molar-refractivity contribution in [3.05, 3.63) is 52.1 Å². The molecule has 7 nitrogen and oxygen atoms in total. The second kappa shape index (κ2) is 8.35. The van der Waals surface area contributed by atoms with Crippen LogP contribution in [0.3, 0.4) is 0 Å². The number of hydrogen-bond acceptors (Lipinski definition) is 5. The molecule has 2 amide bonds. The minimum atomic E-state index is -0.348. The number of nitrogens with one attached hydrogen (secondary N) is 1. The van der Waals surface area contributed by atoms with Gasteiger partial charge in [-0.15, -0.1) is 11.3 Å². The first-order valence-electron chi connectivity index (χ1n) is 9.70. The van der Waals surface area contributed by atoms with Crippen molar-refractivity contribution in [1.29, 1.82) is 0 Å². The molecule has 0 spiro atoms. The molecule has 9 heteroatoms. The number of rotatable bonds is 4. The van der Waals surface area contributed by atoms with Crippen LogP contribution in [-0.2, 0) is 16.1 Å². The van der Waals surface area contributed by atoms with E-state index in [0.29, 0.717) is 41.7 Å². The van der Waals surface area contributed by atoms with Crippen LogP contribution >= 0.6 is 11.3 Å². The van der Waals surface area contributed by atoms with Crippen molar-refractivity contribution in [3.8, 4) is 11.1 Å². The molecule has 2 aromatic heterocycles. The Kier molecular flexibility index (Phi) is 5.63. The third-order valence-corrected chi connectivity index (χ3v) is 6.22. The summed E-state index contributed by atoms with van der Waals surface area (Å²) in [4.78, 5) is 43.6. The summed E-state index contributed by atoms with van der Waals surface area (Å²) in [6, 6.07) is 5.91. The standard InChI is InChI=1S/C21H21FN4O3S/c1-13(27)25-8-6-16(7-9-25)24-18(28)10-26-12-23-20-19(21(26)29)17(11-30-20)14-2-4-15(22)5-3-14/h2-5,11-12,16H,6-10H2,1H3,(H,24,28). The van der Waals surface area contributed by atoms with E-state index < -0.39 is 0 Å². The number of piperidine rings is 1. The van der Waals surface area contributed by atoms with E-state index in [-0.39, 0.29) is 35.8 Å². The van der Waals surface area contributed by atoms with Crippen molar-refractivity contribution < 1.29 is 14.0 Å². The van der Waals surface area contributed by atoms with E-state index in [0.717, 1.165) is 5.56 Å². The van der Waals surface area contributed by atoms with Gasteiger partial charge in [-0.2, -0.15) is 0 Å². The number of fused-ring (bicyclic) bond motifs is 1. The summed E-state index contributed by atoms with van der Waals surface area (Å²) in [5.74, 6) is -0.573. The lowest BCUT2D eigenvalue weighted by molar-refractivity contribution is -0.130. The third-order valence-electron chi connectivity index (χ3n) is 5.34. The van der Waals surface area contributed by atoms with E-state index in [1.165, 1.54) is 34.4 Å². The number of halogens is 1. The lowest BCUT2D eigenvalue weighted by Crippen LogP contribution is -2.47. The van der Waals surface area contributed by atoms with E-state index in [9.17, 15) is 18.8 Å². The molecule has 1 saturated heterocycles. The Labute approximate surface area is 176 Å². The van der Waals surface area contributed by atoms with Gasteiger partial charge in [0, 0.05) is 37.0 Å². The van der Waals surface area contributed by atoms with Crippen molar-refractivity contribution >= 4 is 33.4 Å². The fraction of sp³-hybridized carbons (Fsp3) is 0.333. The van der Waals surface area contributed by atoms with Crippen molar-refractivity contribution in [1.82, 2.24) is 19.8 Å². The fourth-order valence-corrected chi connectivity index (χ4v) is 4.60. The number of likely N-dealkylation sites (tertiary alicyclic amines) is 1. The highest BCUT2D eigenvalue weighted by Gasteiger charge is 2.22. The van der Waals surface area contributed by atoms with Crippen LogP contribution in [0.25, 0.3) is 21.3 Å². The molecule has 3 heterocycles. The molecule has 0 saturated carbocycles. The van der Waals surface area contributed by atoms with Crippen molar-refractivity contribution in [2.75, 3.05) is 13.1 Å². The molecule has 0 radical (unpaired) electrons. The maximum atomic E-state index is 13.2. The number of aromatic nitrogens is 2. The van der Waals surface area contributed by atoms with E-state index >= 15 is 0 Å².